The number of methoxy groups -OCH3 is 1. The number of amides is 2. The molecular formula is C17H26N2O5. The van der Waals surface area contributed by atoms with Crippen LogP contribution < -0.4 is 10.1 Å². The smallest absolute Gasteiger partial charge is 0.408 e. The average molecular weight is 338 g/mol. The van der Waals surface area contributed by atoms with Crippen molar-refractivity contribution in [2.75, 3.05) is 21.3 Å². The van der Waals surface area contributed by atoms with Gasteiger partial charge in [-0.15, -0.1) is 0 Å². The molecule has 7 heteroatoms. The highest BCUT2D eigenvalue weighted by Gasteiger charge is 2.27. The van der Waals surface area contributed by atoms with E-state index in [0.717, 1.165) is 16.4 Å². The van der Waals surface area contributed by atoms with Crippen LogP contribution in [0.15, 0.2) is 24.3 Å². The molecule has 0 aliphatic carbocycles. The van der Waals surface area contributed by atoms with Crippen molar-refractivity contribution in [1.29, 1.82) is 0 Å². The Morgan fingerprint density at radius 2 is 1.75 bits per heavy atom. The summed E-state index contributed by atoms with van der Waals surface area (Å²) in [4.78, 5) is 29.3. The zero-order chi connectivity index (χ0) is 18.3. The number of hydrogen-bond donors (Lipinski definition) is 1. The van der Waals surface area contributed by atoms with E-state index in [4.69, 9.17) is 14.3 Å². The van der Waals surface area contributed by atoms with Gasteiger partial charge in [-0.05, 0) is 38.5 Å². The first-order valence-electron chi connectivity index (χ1n) is 7.60. The minimum Gasteiger partial charge on any atom is -0.497 e. The highest BCUT2D eigenvalue weighted by Crippen LogP contribution is 2.14. The van der Waals surface area contributed by atoms with Crippen LogP contribution in [-0.4, -0.2) is 50.0 Å². The van der Waals surface area contributed by atoms with Crippen LogP contribution in [0, 0.1) is 0 Å². The first-order valence-corrected chi connectivity index (χ1v) is 7.60. The van der Waals surface area contributed by atoms with Gasteiger partial charge < -0.3 is 14.8 Å². The molecule has 2 amide bonds. The van der Waals surface area contributed by atoms with Crippen LogP contribution >= 0.6 is 0 Å². The molecule has 1 aromatic carbocycles. The fraction of sp³-hybridized carbons (Fsp3) is 0.529. The van der Waals surface area contributed by atoms with E-state index in [1.807, 2.05) is 12.1 Å². The maximum Gasteiger partial charge on any atom is 0.408 e. The Morgan fingerprint density at radius 1 is 1.17 bits per heavy atom. The summed E-state index contributed by atoms with van der Waals surface area (Å²) in [6, 6.07) is 6.46. The van der Waals surface area contributed by atoms with Gasteiger partial charge in [0.05, 0.1) is 14.2 Å². The third-order valence-electron chi connectivity index (χ3n) is 3.17. The molecule has 0 heterocycles. The van der Waals surface area contributed by atoms with Gasteiger partial charge in [-0.1, -0.05) is 12.1 Å². The quantitative estimate of drug-likeness (QED) is 0.804. The van der Waals surface area contributed by atoms with Gasteiger partial charge in [0.1, 0.15) is 17.4 Å². The second kappa shape index (κ2) is 8.54. The molecule has 0 spiro atoms. The lowest BCUT2D eigenvalue weighted by atomic mass is 10.1. The zero-order valence-corrected chi connectivity index (χ0v) is 15.1. The number of carbonyl (C=O) groups excluding carboxylic acids is 2. The number of benzene rings is 1. The highest BCUT2D eigenvalue weighted by atomic mass is 16.7. The Morgan fingerprint density at radius 3 is 2.21 bits per heavy atom. The fourth-order valence-corrected chi connectivity index (χ4v) is 1.96. The van der Waals surface area contributed by atoms with Gasteiger partial charge >= 0.3 is 6.09 Å². The molecule has 24 heavy (non-hydrogen) atoms. The van der Waals surface area contributed by atoms with Crippen molar-refractivity contribution in [3.63, 3.8) is 0 Å². The second-order valence-corrected chi connectivity index (χ2v) is 6.27. The van der Waals surface area contributed by atoms with E-state index in [0.29, 0.717) is 6.42 Å². The fourth-order valence-electron chi connectivity index (χ4n) is 1.96. The lowest BCUT2D eigenvalue weighted by Crippen LogP contribution is -2.49. The van der Waals surface area contributed by atoms with E-state index < -0.39 is 17.7 Å². The van der Waals surface area contributed by atoms with Gasteiger partial charge in [0, 0.05) is 13.5 Å². The summed E-state index contributed by atoms with van der Waals surface area (Å²) in [6.45, 7) is 5.27. The number of nitrogens with one attached hydrogen (secondary N) is 1. The molecule has 0 saturated heterocycles. The van der Waals surface area contributed by atoms with Crippen molar-refractivity contribution in [2.24, 2.45) is 0 Å². The first-order chi connectivity index (χ1) is 11.2. The monoisotopic (exact) mass is 338 g/mol. The lowest BCUT2D eigenvalue weighted by Gasteiger charge is -2.25. The van der Waals surface area contributed by atoms with Crippen molar-refractivity contribution in [3.05, 3.63) is 29.8 Å². The van der Waals surface area contributed by atoms with E-state index in [1.54, 1.807) is 40.0 Å². The molecule has 134 valence electrons. The van der Waals surface area contributed by atoms with Gasteiger partial charge in [0.15, 0.2) is 0 Å². The van der Waals surface area contributed by atoms with Gasteiger partial charge in [-0.2, -0.15) is 0 Å². The molecule has 0 radical (unpaired) electrons. The highest BCUT2D eigenvalue weighted by molar-refractivity contribution is 5.85. The molecule has 0 fully saturated rings. The second-order valence-electron chi connectivity index (χ2n) is 6.27. The molecule has 0 bridgehead atoms. The summed E-state index contributed by atoms with van der Waals surface area (Å²) in [5, 5.41) is 3.68. The summed E-state index contributed by atoms with van der Waals surface area (Å²) in [5.74, 6) is 0.343. The Balaban J connectivity index is 2.87. The van der Waals surface area contributed by atoms with E-state index >= 15 is 0 Å². The zero-order valence-electron chi connectivity index (χ0n) is 15.1. The molecule has 0 aliphatic heterocycles. The predicted molar refractivity (Wildman–Crippen MR) is 89.6 cm³/mol. The molecule has 1 N–H and O–H groups in total. The van der Waals surface area contributed by atoms with Crippen molar-refractivity contribution in [1.82, 2.24) is 10.4 Å². The van der Waals surface area contributed by atoms with Gasteiger partial charge in [0.25, 0.3) is 5.91 Å². The minimum absolute atomic E-state index is 0.301. The third-order valence-corrected chi connectivity index (χ3v) is 3.17. The predicted octanol–water partition coefficient (Wildman–Crippen LogP) is 2.15. The topological polar surface area (TPSA) is 77.1 Å². The number of hydroxylamine groups is 2. The third kappa shape index (κ3) is 6.45. The number of likely N-dealkylation sites (N-methyl/N-ethyl adjacent to an activating group) is 1. The van der Waals surface area contributed by atoms with Crippen molar-refractivity contribution >= 4 is 12.0 Å². The van der Waals surface area contributed by atoms with Crippen LogP contribution in [0.5, 0.6) is 5.75 Å². The van der Waals surface area contributed by atoms with E-state index in [-0.39, 0.29) is 5.91 Å². The maximum atomic E-state index is 12.4. The summed E-state index contributed by atoms with van der Waals surface area (Å²) < 4.78 is 10.3. The number of nitrogens with zero attached hydrogens (tertiary/aromatic N) is 1. The minimum atomic E-state index is -0.807. The van der Waals surface area contributed by atoms with E-state index in [2.05, 4.69) is 5.32 Å². The van der Waals surface area contributed by atoms with Crippen LogP contribution in [0.3, 0.4) is 0 Å². The number of ether oxygens (including phenoxy) is 2. The SMILES string of the molecule is COc1ccc(C[C@@H](NC(=O)OC(C)(C)C)C(=O)N(C)OC)cc1. The van der Waals surface area contributed by atoms with E-state index in [1.165, 1.54) is 14.2 Å². The van der Waals surface area contributed by atoms with Gasteiger partial charge in [0.2, 0.25) is 0 Å². The van der Waals surface area contributed by atoms with Gasteiger partial charge in [-0.3, -0.25) is 9.63 Å². The number of alkyl carbamates (subject to hydrolysis) is 1. The summed E-state index contributed by atoms with van der Waals surface area (Å²) in [5.41, 5.74) is 0.222. The lowest BCUT2D eigenvalue weighted by molar-refractivity contribution is -0.171. The molecule has 0 aliphatic rings. The van der Waals surface area contributed by atoms with Crippen molar-refractivity contribution < 1.29 is 23.9 Å². The molecule has 0 unspecified atom stereocenters. The van der Waals surface area contributed by atoms with Crippen LogP contribution in [0.4, 0.5) is 4.79 Å². The molecule has 1 aromatic rings. The number of hydrogen-bond acceptors (Lipinski definition) is 5. The van der Waals surface area contributed by atoms with Crippen LogP contribution in [0.2, 0.25) is 0 Å². The molecule has 0 aromatic heterocycles. The van der Waals surface area contributed by atoms with Crippen molar-refractivity contribution in [3.8, 4) is 5.75 Å². The average Bonchev–Trinajstić information content (AvgIpc) is 2.51. The molecule has 0 saturated carbocycles. The Labute approximate surface area is 142 Å². The first kappa shape index (κ1) is 19.8. The van der Waals surface area contributed by atoms with Crippen LogP contribution in [0.25, 0.3) is 0 Å². The molecule has 7 nitrogen and oxygen atoms in total. The molecular weight excluding hydrogens is 312 g/mol. The van der Waals surface area contributed by atoms with Crippen LogP contribution in [0.1, 0.15) is 26.3 Å². The van der Waals surface area contributed by atoms with Gasteiger partial charge in [-0.25, -0.2) is 9.86 Å². The largest absolute Gasteiger partial charge is 0.497 e. The standard InChI is InChI=1S/C17H26N2O5/c1-17(2,3)24-16(21)18-14(15(20)19(4)23-6)11-12-7-9-13(22-5)10-8-12/h7-10,14H,11H2,1-6H3,(H,18,21)/t14-/m1/s1. The van der Waals surface area contributed by atoms with Crippen LogP contribution in [-0.2, 0) is 20.8 Å². The molecule has 1 rings (SSSR count). The summed E-state index contributed by atoms with van der Waals surface area (Å²) >= 11 is 0. The Hall–Kier alpha value is -2.28. The maximum absolute atomic E-state index is 12.4. The Kier molecular flexibility index (Phi) is 7.03. The van der Waals surface area contributed by atoms with E-state index in [9.17, 15) is 9.59 Å². The Bertz CT molecular complexity index is 551. The summed E-state index contributed by atoms with van der Waals surface area (Å²) in [6.07, 6.45) is -0.352. The molecule has 1 atom stereocenters. The number of rotatable bonds is 6. The normalized spacial score (nSPS) is 12.2. The van der Waals surface area contributed by atoms with Crippen molar-refractivity contribution in [2.45, 2.75) is 38.8 Å². The number of carbonyl (C=O) groups is 2. The summed E-state index contributed by atoms with van der Waals surface area (Å²) in [7, 11) is 4.45.